The molecule has 0 spiro atoms. The van der Waals surface area contributed by atoms with Crippen molar-refractivity contribution in [3.8, 4) is 11.5 Å². The van der Waals surface area contributed by atoms with Crippen LogP contribution in [0.4, 0.5) is 0 Å². The molecule has 152 valence electrons. The molecular weight excluding hydrogens is 336 g/mol. The molecule has 0 fully saturated rings. The first-order valence-electron chi connectivity index (χ1n) is 10.7. The molecule has 0 saturated heterocycles. The number of aliphatic hydroxyl groups is 1. The first kappa shape index (κ1) is 21.8. The Bertz CT molecular complexity index is 658. The van der Waals surface area contributed by atoms with Crippen LogP contribution in [0.2, 0.25) is 0 Å². The fraction of sp³-hybridized carbons (Fsp3) is 0.667. The minimum atomic E-state index is -0.824. The summed E-state index contributed by atoms with van der Waals surface area (Å²) in [7, 11) is 0. The molecule has 1 aromatic rings. The van der Waals surface area contributed by atoms with E-state index in [-0.39, 0.29) is 5.92 Å². The van der Waals surface area contributed by atoms with Crippen LogP contribution in [0.5, 0.6) is 11.5 Å². The third-order valence-electron chi connectivity index (χ3n) is 6.28. The van der Waals surface area contributed by atoms with E-state index in [2.05, 4.69) is 41.5 Å². The predicted molar refractivity (Wildman–Crippen MR) is 112 cm³/mol. The predicted octanol–water partition coefficient (Wildman–Crippen LogP) is 6.64. The van der Waals surface area contributed by atoms with Gasteiger partial charge in [-0.3, -0.25) is 0 Å². The van der Waals surface area contributed by atoms with Crippen LogP contribution in [0.15, 0.2) is 23.3 Å². The monoisotopic (exact) mass is 374 g/mol. The van der Waals surface area contributed by atoms with Crippen molar-refractivity contribution >= 4 is 0 Å². The summed E-state index contributed by atoms with van der Waals surface area (Å²) in [6.45, 7) is 13.1. The van der Waals surface area contributed by atoms with Gasteiger partial charge in [0.1, 0.15) is 11.5 Å². The van der Waals surface area contributed by atoms with Crippen LogP contribution >= 0.6 is 0 Å². The summed E-state index contributed by atoms with van der Waals surface area (Å²) in [5, 5.41) is 21.2. The molecule has 0 amide bonds. The summed E-state index contributed by atoms with van der Waals surface area (Å²) >= 11 is 0. The molecule has 1 aliphatic rings. The van der Waals surface area contributed by atoms with Crippen molar-refractivity contribution < 1.29 is 14.9 Å². The Hall–Kier alpha value is -1.48. The van der Waals surface area contributed by atoms with E-state index < -0.39 is 6.29 Å². The molecule has 2 rings (SSSR count). The quantitative estimate of drug-likeness (QED) is 0.396. The summed E-state index contributed by atoms with van der Waals surface area (Å²) in [6, 6.07) is 3.97. The molecule has 4 atom stereocenters. The van der Waals surface area contributed by atoms with Crippen molar-refractivity contribution in [2.24, 2.45) is 5.92 Å². The standard InChI is InChI=1S/C24H38O3/c1-7-9-10-11-16(5)17(6)18-12-21(25)24-20(19(8-2)15(3)4)14-23(26)27-22(24)13-18/h12-13,16-17,20,23,25-26H,7-11,14H2,1-6H3. The van der Waals surface area contributed by atoms with Crippen LogP contribution < -0.4 is 4.74 Å². The highest BCUT2D eigenvalue weighted by atomic mass is 16.6. The second-order valence-electron chi connectivity index (χ2n) is 8.45. The number of rotatable bonds is 8. The minimum absolute atomic E-state index is 0.0186. The van der Waals surface area contributed by atoms with Gasteiger partial charge in [0.15, 0.2) is 6.29 Å². The van der Waals surface area contributed by atoms with Gasteiger partial charge in [-0.15, -0.1) is 0 Å². The van der Waals surface area contributed by atoms with E-state index in [4.69, 9.17) is 4.74 Å². The van der Waals surface area contributed by atoms with Crippen molar-refractivity contribution in [3.63, 3.8) is 0 Å². The maximum absolute atomic E-state index is 10.9. The van der Waals surface area contributed by atoms with Gasteiger partial charge in [0.2, 0.25) is 0 Å². The molecule has 0 aromatic heterocycles. The maximum atomic E-state index is 10.9. The van der Waals surface area contributed by atoms with E-state index in [1.54, 1.807) is 0 Å². The van der Waals surface area contributed by atoms with E-state index in [1.807, 2.05) is 12.1 Å². The van der Waals surface area contributed by atoms with E-state index in [1.165, 1.54) is 36.8 Å². The lowest BCUT2D eigenvalue weighted by molar-refractivity contribution is -0.0369. The first-order chi connectivity index (χ1) is 12.8. The van der Waals surface area contributed by atoms with Crippen LogP contribution in [0, 0.1) is 5.92 Å². The third kappa shape index (κ3) is 5.07. The van der Waals surface area contributed by atoms with E-state index >= 15 is 0 Å². The number of phenolic OH excluding ortho intramolecular Hbond substituents is 1. The number of hydrogen-bond acceptors (Lipinski definition) is 3. The number of benzene rings is 1. The Kier molecular flexibility index (Phi) is 7.79. The second kappa shape index (κ2) is 9.64. The molecular formula is C24H38O3. The van der Waals surface area contributed by atoms with Gasteiger partial charge >= 0.3 is 0 Å². The molecule has 0 bridgehead atoms. The fourth-order valence-electron chi connectivity index (χ4n) is 4.42. The smallest absolute Gasteiger partial charge is 0.198 e. The third-order valence-corrected chi connectivity index (χ3v) is 6.28. The van der Waals surface area contributed by atoms with Crippen LogP contribution in [0.25, 0.3) is 0 Å². The van der Waals surface area contributed by atoms with Gasteiger partial charge < -0.3 is 14.9 Å². The highest BCUT2D eigenvalue weighted by molar-refractivity contribution is 5.54. The Morgan fingerprint density at radius 3 is 2.48 bits per heavy atom. The van der Waals surface area contributed by atoms with Crippen molar-refractivity contribution in [2.75, 3.05) is 0 Å². The van der Waals surface area contributed by atoms with E-state index in [0.29, 0.717) is 29.8 Å². The average Bonchev–Trinajstić information content (AvgIpc) is 2.60. The summed E-state index contributed by atoms with van der Waals surface area (Å²) in [5.41, 5.74) is 4.47. The molecule has 0 aliphatic carbocycles. The molecule has 0 saturated carbocycles. The Labute approximate surface area is 165 Å². The number of unbranched alkanes of at least 4 members (excludes halogenated alkanes) is 2. The highest BCUT2D eigenvalue weighted by Crippen LogP contribution is 2.48. The molecule has 1 aliphatic heterocycles. The van der Waals surface area contributed by atoms with Gasteiger partial charge in [-0.25, -0.2) is 0 Å². The zero-order chi connectivity index (χ0) is 20.1. The number of allylic oxidation sites excluding steroid dienone is 2. The van der Waals surface area contributed by atoms with Crippen LogP contribution in [0.3, 0.4) is 0 Å². The number of phenols is 1. The topological polar surface area (TPSA) is 49.7 Å². The van der Waals surface area contributed by atoms with Crippen molar-refractivity contribution in [1.82, 2.24) is 0 Å². The number of aliphatic hydroxyl groups excluding tert-OH is 1. The molecule has 1 aromatic carbocycles. The summed E-state index contributed by atoms with van der Waals surface area (Å²) < 4.78 is 5.76. The first-order valence-corrected chi connectivity index (χ1v) is 10.7. The SMILES string of the molecule is CCCCCC(C)C(C)c1cc(O)c2c(c1)OC(O)CC2C(CC)=C(C)C. The zero-order valence-electron chi connectivity index (χ0n) is 18.0. The molecule has 1 heterocycles. The molecule has 3 heteroatoms. The van der Waals surface area contributed by atoms with Gasteiger partial charge in [-0.05, 0) is 49.8 Å². The summed E-state index contributed by atoms with van der Waals surface area (Å²) in [4.78, 5) is 0. The van der Waals surface area contributed by atoms with Gasteiger partial charge in [-0.2, -0.15) is 0 Å². The van der Waals surface area contributed by atoms with Gasteiger partial charge in [0.25, 0.3) is 0 Å². The minimum Gasteiger partial charge on any atom is -0.507 e. The Balaban J connectivity index is 2.36. The fourth-order valence-corrected chi connectivity index (χ4v) is 4.42. The van der Waals surface area contributed by atoms with Crippen LogP contribution in [-0.2, 0) is 0 Å². The lowest BCUT2D eigenvalue weighted by Crippen LogP contribution is -2.26. The lowest BCUT2D eigenvalue weighted by atomic mass is 9.79. The Morgan fingerprint density at radius 1 is 1.19 bits per heavy atom. The van der Waals surface area contributed by atoms with Gasteiger partial charge in [0.05, 0.1) is 0 Å². The second-order valence-corrected chi connectivity index (χ2v) is 8.45. The van der Waals surface area contributed by atoms with Crippen molar-refractivity contribution in [1.29, 1.82) is 0 Å². The van der Waals surface area contributed by atoms with Crippen molar-refractivity contribution in [2.45, 2.75) is 98.2 Å². The normalized spacial score (nSPS) is 21.1. The van der Waals surface area contributed by atoms with Crippen molar-refractivity contribution in [3.05, 3.63) is 34.4 Å². The molecule has 4 unspecified atom stereocenters. The van der Waals surface area contributed by atoms with E-state index in [0.717, 1.165) is 17.5 Å². The number of hydrogen-bond donors (Lipinski definition) is 2. The van der Waals surface area contributed by atoms with Gasteiger partial charge in [-0.1, -0.05) is 64.5 Å². The van der Waals surface area contributed by atoms with Gasteiger partial charge in [0, 0.05) is 17.9 Å². The largest absolute Gasteiger partial charge is 0.507 e. The summed E-state index contributed by atoms with van der Waals surface area (Å²) in [6.07, 6.45) is 5.52. The van der Waals surface area contributed by atoms with Crippen LogP contribution in [-0.4, -0.2) is 16.5 Å². The molecule has 2 N–H and O–H groups in total. The highest BCUT2D eigenvalue weighted by Gasteiger charge is 2.33. The zero-order valence-corrected chi connectivity index (χ0v) is 18.0. The number of aromatic hydroxyl groups is 1. The molecule has 3 nitrogen and oxygen atoms in total. The Morgan fingerprint density at radius 2 is 1.89 bits per heavy atom. The lowest BCUT2D eigenvalue weighted by Gasteiger charge is -2.33. The van der Waals surface area contributed by atoms with E-state index in [9.17, 15) is 10.2 Å². The van der Waals surface area contributed by atoms with Crippen LogP contribution in [0.1, 0.15) is 103 Å². The number of ether oxygens (including phenoxy) is 1. The average molecular weight is 375 g/mol. The maximum Gasteiger partial charge on any atom is 0.198 e. The molecule has 0 radical (unpaired) electrons. The molecule has 27 heavy (non-hydrogen) atoms. The summed E-state index contributed by atoms with van der Waals surface area (Å²) in [5.74, 6) is 1.86. The number of fused-ring (bicyclic) bond motifs is 1.